The second-order valence-electron chi connectivity index (χ2n) is 9.10. The highest BCUT2D eigenvalue weighted by molar-refractivity contribution is 7.18. The van der Waals surface area contributed by atoms with Crippen LogP contribution in [-0.4, -0.2) is 67.3 Å². The molecule has 2 aliphatic heterocycles. The van der Waals surface area contributed by atoms with Gasteiger partial charge in [0.1, 0.15) is 6.10 Å². The number of thiophene rings is 1. The molecule has 182 valence electrons. The van der Waals surface area contributed by atoms with Crippen molar-refractivity contribution in [3.63, 3.8) is 0 Å². The van der Waals surface area contributed by atoms with Crippen LogP contribution in [0.2, 0.25) is 4.34 Å². The molecule has 0 spiro atoms. The molecule has 0 aliphatic carbocycles. The molecule has 1 aromatic heterocycles. The van der Waals surface area contributed by atoms with Gasteiger partial charge in [0.25, 0.3) is 5.91 Å². The fourth-order valence-corrected chi connectivity index (χ4v) is 5.43. The van der Waals surface area contributed by atoms with Gasteiger partial charge in [-0.05, 0) is 41.4 Å². The standard InChI is InChI=1S/C27H29ClN4O2S/c1-31-12-14-32(15-13-31)18-21-4-2-3-5-23(21)19-6-8-20(9-7-19)24-16-22(34-30-24)17-29-27(33)25-10-11-26(28)35-25/h2-11,22H,12-18H2,1H3,(H,29,33). The van der Waals surface area contributed by atoms with E-state index in [9.17, 15) is 4.79 Å². The third-order valence-electron chi connectivity index (χ3n) is 6.56. The summed E-state index contributed by atoms with van der Waals surface area (Å²) in [7, 11) is 2.19. The van der Waals surface area contributed by atoms with Crippen LogP contribution < -0.4 is 5.32 Å². The van der Waals surface area contributed by atoms with Gasteiger partial charge in [0.05, 0.1) is 21.5 Å². The molecule has 3 aromatic rings. The summed E-state index contributed by atoms with van der Waals surface area (Å²) >= 11 is 7.18. The second-order valence-corrected chi connectivity index (χ2v) is 10.8. The van der Waals surface area contributed by atoms with Crippen molar-refractivity contribution in [1.29, 1.82) is 0 Å². The number of piperazine rings is 1. The molecular weight excluding hydrogens is 480 g/mol. The van der Waals surface area contributed by atoms with Crippen molar-refractivity contribution >= 4 is 34.6 Å². The lowest BCUT2D eigenvalue weighted by molar-refractivity contribution is 0.0755. The molecule has 2 aliphatic rings. The molecule has 0 bridgehead atoms. The monoisotopic (exact) mass is 508 g/mol. The van der Waals surface area contributed by atoms with Crippen LogP contribution in [0.5, 0.6) is 0 Å². The lowest BCUT2D eigenvalue weighted by Gasteiger charge is -2.32. The SMILES string of the molecule is CN1CCN(Cc2ccccc2-c2ccc(C3=NOC(CNC(=O)c4ccc(Cl)s4)C3)cc2)CC1. The molecule has 5 rings (SSSR count). The number of halogens is 1. The Morgan fingerprint density at radius 2 is 1.80 bits per heavy atom. The Morgan fingerprint density at radius 3 is 2.54 bits per heavy atom. The van der Waals surface area contributed by atoms with Crippen LogP contribution >= 0.6 is 22.9 Å². The molecule has 1 atom stereocenters. The minimum atomic E-state index is -0.173. The number of oxime groups is 1. The third kappa shape index (κ3) is 5.93. The van der Waals surface area contributed by atoms with Crippen molar-refractivity contribution in [1.82, 2.24) is 15.1 Å². The average Bonchev–Trinajstić information content (AvgIpc) is 3.54. The highest BCUT2D eigenvalue weighted by Crippen LogP contribution is 2.27. The quantitative estimate of drug-likeness (QED) is 0.501. The Morgan fingerprint density at radius 1 is 1.06 bits per heavy atom. The zero-order valence-corrected chi connectivity index (χ0v) is 21.3. The molecule has 0 radical (unpaired) electrons. The summed E-state index contributed by atoms with van der Waals surface area (Å²) in [5.74, 6) is -0.140. The first kappa shape index (κ1) is 24.0. The molecule has 3 heterocycles. The number of rotatable bonds is 7. The minimum Gasteiger partial charge on any atom is -0.390 e. The van der Waals surface area contributed by atoms with E-state index in [1.807, 2.05) is 0 Å². The van der Waals surface area contributed by atoms with E-state index in [0.717, 1.165) is 44.0 Å². The van der Waals surface area contributed by atoms with Crippen molar-refractivity contribution in [2.24, 2.45) is 5.16 Å². The summed E-state index contributed by atoms with van der Waals surface area (Å²) < 4.78 is 0.600. The number of nitrogens with zero attached hydrogens (tertiary/aromatic N) is 3. The number of carbonyl (C=O) groups excluding carboxylic acids is 1. The minimum absolute atomic E-state index is 0.140. The van der Waals surface area contributed by atoms with Crippen molar-refractivity contribution in [2.45, 2.75) is 19.1 Å². The molecule has 1 fully saturated rings. The highest BCUT2D eigenvalue weighted by Gasteiger charge is 2.23. The molecular formula is C27H29ClN4O2S. The van der Waals surface area contributed by atoms with E-state index >= 15 is 0 Å². The third-order valence-corrected chi connectivity index (χ3v) is 7.79. The van der Waals surface area contributed by atoms with Gasteiger partial charge in [0, 0.05) is 39.1 Å². The molecule has 1 saturated heterocycles. The summed E-state index contributed by atoms with van der Waals surface area (Å²) in [5.41, 5.74) is 5.78. The Hall–Kier alpha value is -2.71. The van der Waals surface area contributed by atoms with Crippen molar-refractivity contribution in [3.05, 3.63) is 81.0 Å². The molecule has 6 nitrogen and oxygen atoms in total. The van der Waals surface area contributed by atoms with Gasteiger partial charge in [-0.1, -0.05) is 65.3 Å². The van der Waals surface area contributed by atoms with Crippen molar-refractivity contribution in [2.75, 3.05) is 39.8 Å². The molecule has 2 aromatic carbocycles. The number of amides is 1. The van der Waals surface area contributed by atoms with E-state index in [1.54, 1.807) is 12.1 Å². The van der Waals surface area contributed by atoms with Crippen LogP contribution in [0.25, 0.3) is 11.1 Å². The molecule has 1 amide bonds. The zero-order chi connectivity index (χ0) is 24.2. The smallest absolute Gasteiger partial charge is 0.261 e. The van der Waals surface area contributed by atoms with Crippen LogP contribution in [0, 0.1) is 0 Å². The lowest BCUT2D eigenvalue weighted by atomic mass is 9.96. The van der Waals surface area contributed by atoms with Gasteiger partial charge in [-0.15, -0.1) is 11.3 Å². The number of benzene rings is 2. The number of carbonyl (C=O) groups is 1. The van der Waals surface area contributed by atoms with E-state index in [1.165, 1.54) is 28.0 Å². The van der Waals surface area contributed by atoms with Gasteiger partial charge >= 0.3 is 0 Å². The van der Waals surface area contributed by atoms with Crippen LogP contribution in [-0.2, 0) is 11.4 Å². The maximum atomic E-state index is 12.2. The van der Waals surface area contributed by atoms with Gasteiger partial charge in [-0.3, -0.25) is 9.69 Å². The highest BCUT2D eigenvalue weighted by atomic mass is 35.5. The van der Waals surface area contributed by atoms with Gasteiger partial charge in [-0.2, -0.15) is 0 Å². The topological polar surface area (TPSA) is 57.2 Å². The van der Waals surface area contributed by atoms with E-state index in [2.05, 4.69) is 75.9 Å². The molecule has 0 saturated carbocycles. The number of hydrogen-bond acceptors (Lipinski definition) is 6. The average molecular weight is 509 g/mol. The summed E-state index contributed by atoms with van der Waals surface area (Å²) in [6.45, 7) is 5.82. The Balaban J connectivity index is 1.19. The Kier molecular flexibility index (Phi) is 7.48. The van der Waals surface area contributed by atoms with Crippen molar-refractivity contribution in [3.8, 4) is 11.1 Å². The predicted molar refractivity (Wildman–Crippen MR) is 142 cm³/mol. The van der Waals surface area contributed by atoms with Gasteiger partial charge in [-0.25, -0.2) is 0 Å². The molecule has 1 N–H and O–H groups in total. The molecule has 35 heavy (non-hydrogen) atoms. The first-order chi connectivity index (χ1) is 17.0. The number of nitrogens with one attached hydrogen (secondary N) is 1. The maximum absolute atomic E-state index is 12.2. The summed E-state index contributed by atoms with van der Waals surface area (Å²) in [6.07, 6.45) is 0.485. The number of hydrogen-bond donors (Lipinski definition) is 1. The Labute approximate surface area is 215 Å². The van der Waals surface area contributed by atoms with Gasteiger partial charge < -0.3 is 15.1 Å². The van der Waals surface area contributed by atoms with Crippen LogP contribution in [0.3, 0.4) is 0 Å². The summed E-state index contributed by atoms with van der Waals surface area (Å²) in [6, 6.07) is 20.7. The van der Waals surface area contributed by atoms with Crippen molar-refractivity contribution < 1.29 is 9.63 Å². The van der Waals surface area contributed by atoms with E-state index in [-0.39, 0.29) is 12.0 Å². The van der Waals surface area contributed by atoms with Crippen LogP contribution in [0.15, 0.2) is 65.8 Å². The van der Waals surface area contributed by atoms with E-state index in [4.69, 9.17) is 16.4 Å². The van der Waals surface area contributed by atoms with Crippen LogP contribution in [0.1, 0.15) is 27.2 Å². The zero-order valence-electron chi connectivity index (χ0n) is 19.7. The van der Waals surface area contributed by atoms with E-state index < -0.39 is 0 Å². The number of likely N-dealkylation sites (N-methyl/N-ethyl adjacent to an activating group) is 1. The van der Waals surface area contributed by atoms with Crippen LogP contribution in [0.4, 0.5) is 0 Å². The van der Waals surface area contributed by atoms with E-state index in [0.29, 0.717) is 22.2 Å². The largest absolute Gasteiger partial charge is 0.390 e. The van der Waals surface area contributed by atoms with Gasteiger partial charge in [0.15, 0.2) is 0 Å². The first-order valence-electron chi connectivity index (χ1n) is 11.9. The molecule has 1 unspecified atom stereocenters. The maximum Gasteiger partial charge on any atom is 0.261 e. The lowest BCUT2D eigenvalue weighted by Crippen LogP contribution is -2.43. The molecule has 8 heteroatoms. The first-order valence-corrected chi connectivity index (χ1v) is 13.1. The fraction of sp³-hybridized carbons (Fsp3) is 0.333. The normalized spacial score (nSPS) is 18.8. The fourth-order valence-electron chi connectivity index (χ4n) is 4.47. The predicted octanol–water partition coefficient (Wildman–Crippen LogP) is 4.74. The van der Waals surface area contributed by atoms with Gasteiger partial charge in [0.2, 0.25) is 0 Å². The summed E-state index contributed by atoms with van der Waals surface area (Å²) in [4.78, 5) is 23.3. The second kappa shape index (κ2) is 10.9. The summed E-state index contributed by atoms with van der Waals surface area (Å²) in [5, 5.41) is 7.19. The Bertz CT molecular complexity index is 1200.